The van der Waals surface area contributed by atoms with Crippen LogP contribution in [-0.2, 0) is 13.0 Å². The molecule has 0 bridgehead atoms. The molecule has 1 atom stereocenters. The fraction of sp³-hybridized carbons (Fsp3) is 0.800. The van der Waals surface area contributed by atoms with E-state index < -0.39 is 0 Å². The van der Waals surface area contributed by atoms with Gasteiger partial charge in [-0.2, -0.15) is 5.10 Å². The first kappa shape index (κ1) is 15.2. The first-order valence-corrected chi connectivity index (χ1v) is 7.33. The van der Waals surface area contributed by atoms with E-state index in [9.17, 15) is 0 Å². The van der Waals surface area contributed by atoms with Crippen molar-refractivity contribution < 1.29 is 0 Å². The molecule has 1 heterocycles. The molecule has 0 aliphatic rings. The Morgan fingerprint density at radius 2 is 2.00 bits per heavy atom. The molecule has 3 heteroatoms. The van der Waals surface area contributed by atoms with Crippen molar-refractivity contribution in [2.75, 3.05) is 13.1 Å². The maximum atomic E-state index is 4.70. The molecule has 0 saturated heterocycles. The van der Waals surface area contributed by atoms with Gasteiger partial charge in [0.15, 0.2) is 0 Å². The number of likely N-dealkylation sites (N-methyl/N-ethyl adjacent to an activating group) is 1. The van der Waals surface area contributed by atoms with Gasteiger partial charge in [-0.1, -0.05) is 27.2 Å². The van der Waals surface area contributed by atoms with Crippen molar-refractivity contribution in [2.24, 2.45) is 5.92 Å². The molecule has 0 aliphatic carbocycles. The molecule has 3 nitrogen and oxygen atoms in total. The molecule has 1 rings (SSSR count). The summed E-state index contributed by atoms with van der Waals surface area (Å²) in [5, 5.41) is 8.08. The first-order valence-electron chi connectivity index (χ1n) is 7.33. The minimum atomic E-state index is 0.717. The topological polar surface area (TPSA) is 29.9 Å². The average molecular weight is 251 g/mol. The summed E-state index contributed by atoms with van der Waals surface area (Å²) in [5.41, 5.74) is 3.99. The molecule has 0 aliphatic heterocycles. The minimum Gasteiger partial charge on any atom is -0.317 e. The highest BCUT2D eigenvalue weighted by atomic mass is 15.3. The summed E-state index contributed by atoms with van der Waals surface area (Å²) in [6, 6.07) is 0. The Morgan fingerprint density at radius 1 is 1.28 bits per heavy atom. The van der Waals surface area contributed by atoms with Gasteiger partial charge in [-0.15, -0.1) is 0 Å². The van der Waals surface area contributed by atoms with E-state index in [4.69, 9.17) is 5.10 Å². The van der Waals surface area contributed by atoms with E-state index >= 15 is 0 Å². The molecule has 0 spiro atoms. The maximum Gasteiger partial charge on any atom is 0.0628 e. The number of nitrogens with one attached hydrogen (secondary N) is 1. The van der Waals surface area contributed by atoms with Crippen molar-refractivity contribution >= 4 is 0 Å². The second kappa shape index (κ2) is 7.57. The Morgan fingerprint density at radius 3 is 2.61 bits per heavy atom. The highest BCUT2D eigenvalue weighted by molar-refractivity contribution is 5.24. The van der Waals surface area contributed by atoms with Gasteiger partial charge in [-0.25, -0.2) is 0 Å². The molecular weight excluding hydrogens is 222 g/mol. The molecule has 1 aromatic heterocycles. The zero-order valence-corrected chi connectivity index (χ0v) is 12.7. The number of aryl methyl sites for hydroxylation is 1. The van der Waals surface area contributed by atoms with E-state index in [1.54, 1.807) is 0 Å². The quantitative estimate of drug-likeness (QED) is 0.720. The van der Waals surface area contributed by atoms with E-state index in [1.807, 2.05) is 0 Å². The van der Waals surface area contributed by atoms with Gasteiger partial charge in [0.05, 0.1) is 5.69 Å². The second-order valence-electron chi connectivity index (χ2n) is 5.33. The summed E-state index contributed by atoms with van der Waals surface area (Å²) in [6.07, 6.45) is 3.63. The summed E-state index contributed by atoms with van der Waals surface area (Å²) >= 11 is 0. The number of hydrogen-bond acceptors (Lipinski definition) is 2. The SMILES string of the molecule is CCCC(C)Cn1nc(C)c(CCNCC)c1C. The van der Waals surface area contributed by atoms with Crippen LogP contribution in [0.25, 0.3) is 0 Å². The van der Waals surface area contributed by atoms with Crippen molar-refractivity contribution in [2.45, 2.75) is 60.4 Å². The Bertz CT molecular complexity index is 355. The van der Waals surface area contributed by atoms with Crippen LogP contribution in [0.1, 0.15) is 50.6 Å². The lowest BCUT2D eigenvalue weighted by atomic mass is 10.1. The number of nitrogens with zero attached hydrogens (tertiary/aromatic N) is 2. The van der Waals surface area contributed by atoms with E-state index in [1.165, 1.54) is 29.8 Å². The molecule has 104 valence electrons. The summed E-state index contributed by atoms with van der Waals surface area (Å²) in [7, 11) is 0. The van der Waals surface area contributed by atoms with Crippen molar-refractivity contribution in [1.29, 1.82) is 0 Å². The molecule has 1 unspecified atom stereocenters. The largest absolute Gasteiger partial charge is 0.317 e. The Hall–Kier alpha value is -0.830. The molecular formula is C15H29N3. The monoisotopic (exact) mass is 251 g/mol. The fourth-order valence-electron chi connectivity index (χ4n) is 2.54. The van der Waals surface area contributed by atoms with Crippen molar-refractivity contribution in [3.8, 4) is 0 Å². The smallest absolute Gasteiger partial charge is 0.0628 e. The normalized spacial score (nSPS) is 12.9. The number of aromatic nitrogens is 2. The van der Waals surface area contributed by atoms with Gasteiger partial charge in [0.25, 0.3) is 0 Å². The molecule has 1 aromatic rings. The van der Waals surface area contributed by atoms with Crippen LogP contribution in [0.4, 0.5) is 0 Å². The van der Waals surface area contributed by atoms with Gasteiger partial charge < -0.3 is 5.32 Å². The second-order valence-corrected chi connectivity index (χ2v) is 5.33. The molecule has 0 radical (unpaired) electrons. The lowest BCUT2D eigenvalue weighted by Crippen LogP contribution is -2.17. The van der Waals surface area contributed by atoms with Crippen LogP contribution in [0.5, 0.6) is 0 Å². The van der Waals surface area contributed by atoms with Crippen LogP contribution in [0.15, 0.2) is 0 Å². The van der Waals surface area contributed by atoms with E-state index in [2.05, 4.69) is 44.6 Å². The fourth-order valence-corrected chi connectivity index (χ4v) is 2.54. The third-order valence-corrected chi connectivity index (χ3v) is 3.60. The third kappa shape index (κ3) is 4.13. The summed E-state index contributed by atoms with van der Waals surface area (Å²) in [4.78, 5) is 0. The van der Waals surface area contributed by atoms with E-state index in [-0.39, 0.29) is 0 Å². The van der Waals surface area contributed by atoms with Crippen LogP contribution in [0, 0.1) is 19.8 Å². The molecule has 0 saturated carbocycles. The Balaban J connectivity index is 2.67. The predicted molar refractivity (Wildman–Crippen MR) is 78.0 cm³/mol. The number of rotatable bonds is 8. The van der Waals surface area contributed by atoms with Crippen LogP contribution in [0.2, 0.25) is 0 Å². The first-order chi connectivity index (χ1) is 8.60. The summed E-state index contributed by atoms with van der Waals surface area (Å²) in [6.45, 7) is 14.2. The molecule has 0 aromatic carbocycles. The van der Waals surface area contributed by atoms with E-state index in [0.717, 1.165) is 32.0 Å². The van der Waals surface area contributed by atoms with Crippen LogP contribution in [-0.4, -0.2) is 22.9 Å². The molecule has 0 amide bonds. The molecule has 0 fully saturated rings. The zero-order chi connectivity index (χ0) is 13.5. The lowest BCUT2D eigenvalue weighted by molar-refractivity contribution is 0.413. The van der Waals surface area contributed by atoms with Crippen molar-refractivity contribution in [3.05, 3.63) is 17.0 Å². The van der Waals surface area contributed by atoms with Gasteiger partial charge in [0, 0.05) is 12.2 Å². The zero-order valence-electron chi connectivity index (χ0n) is 12.7. The third-order valence-electron chi connectivity index (χ3n) is 3.60. The highest BCUT2D eigenvalue weighted by Crippen LogP contribution is 2.16. The van der Waals surface area contributed by atoms with Crippen molar-refractivity contribution in [3.63, 3.8) is 0 Å². The molecule has 18 heavy (non-hydrogen) atoms. The standard InChI is InChI=1S/C15H29N3/c1-6-8-12(3)11-18-14(5)15(13(4)17-18)9-10-16-7-2/h12,16H,6-11H2,1-5H3. The van der Waals surface area contributed by atoms with Crippen LogP contribution >= 0.6 is 0 Å². The Kier molecular flexibility index (Phi) is 6.41. The maximum absolute atomic E-state index is 4.70. The van der Waals surface area contributed by atoms with Crippen LogP contribution < -0.4 is 5.32 Å². The summed E-state index contributed by atoms with van der Waals surface area (Å²) < 4.78 is 2.21. The average Bonchev–Trinajstić information content (AvgIpc) is 2.57. The van der Waals surface area contributed by atoms with Gasteiger partial charge >= 0.3 is 0 Å². The van der Waals surface area contributed by atoms with Crippen molar-refractivity contribution in [1.82, 2.24) is 15.1 Å². The van der Waals surface area contributed by atoms with Crippen LogP contribution in [0.3, 0.4) is 0 Å². The highest BCUT2D eigenvalue weighted by Gasteiger charge is 2.12. The van der Waals surface area contributed by atoms with Gasteiger partial charge in [-0.3, -0.25) is 4.68 Å². The lowest BCUT2D eigenvalue weighted by Gasteiger charge is -2.12. The van der Waals surface area contributed by atoms with Gasteiger partial charge in [0.2, 0.25) is 0 Å². The summed E-state index contributed by atoms with van der Waals surface area (Å²) in [5.74, 6) is 0.717. The predicted octanol–water partition coefficient (Wildman–Crippen LogP) is 3.09. The van der Waals surface area contributed by atoms with Gasteiger partial charge in [-0.05, 0) is 51.3 Å². The Labute approximate surface area is 112 Å². The number of hydrogen-bond donors (Lipinski definition) is 1. The van der Waals surface area contributed by atoms with Gasteiger partial charge in [0.1, 0.15) is 0 Å². The van der Waals surface area contributed by atoms with E-state index in [0.29, 0.717) is 0 Å². The molecule has 1 N–H and O–H groups in total. The minimum absolute atomic E-state index is 0.717.